The normalized spacial score (nSPS) is 21.7. The van der Waals surface area contributed by atoms with E-state index in [1.165, 1.54) is 0 Å². The maximum Gasteiger partial charge on any atom is 0.391 e. The largest absolute Gasteiger partial charge is 0.490 e. The van der Waals surface area contributed by atoms with Crippen LogP contribution in [0.2, 0.25) is 0 Å². The van der Waals surface area contributed by atoms with Gasteiger partial charge in [-0.3, -0.25) is 4.79 Å². The number of carbonyl (C=O) groups excluding carboxylic acids is 1. The van der Waals surface area contributed by atoms with Gasteiger partial charge in [0.25, 0.3) is 0 Å². The first-order valence-corrected chi connectivity index (χ1v) is 8.11. The molecule has 0 radical (unpaired) electrons. The SMILES string of the molecule is Cc1c(OC2CCC(C(F)(F)F)CC2)ccc2cccc(C=O)c12. The first-order chi connectivity index (χ1) is 11.4. The molecule has 128 valence electrons. The van der Waals surface area contributed by atoms with Crippen LogP contribution < -0.4 is 4.74 Å². The van der Waals surface area contributed by atoms with Crippen LogP contribution in [-0.4, -0.2) is 18.6 Å². The molecule has 5 heteroatoms. The van der Waals surface area contributed by atoms with Gasteiger partial charge in [-0.15, -0.1) is 0 Å². The molecule has 2 aromatic carbocycles. The van der Waals surface area contributed by atoms with Gasteiger partial charge in [-0.05, 0) is 55.0 Å². The second kappa shape index (κ2) is 6.46. The molecule has 0 amide bonds. The smallest absolute Gasteiger partial charge is 0.391 e. The fourth-order valence-electron chi connectivity index (χ4n) is 3.49. The number of aryl methyl sites for hydroxylation is 1. The lowest BCUT2D eigenvalue weighted by atomic mass is 9.87. The highest BCUT2D eigenvalue weighted by atomic mass is 19.4. The summed E-state index contributed by atoms with van der Waals surface area (Å²) in [4.78, 5) is 11.3. The number of carbonyl (C=O) groups is 1. The molecule has 1 aliphatic rings. The molecule has 2 nitrogen and oxygen atoms in total. The summed E-state index contributed by atoms with van der Waals surface area (Å²) in [5.74, 6) is -0.566. The van der Waals surface area contributed by atoms with Crippen molar-refractivity contribution >= 4 is 17.1 Å². The minimum Gasteiger partial charge on any atom is -0.490 e. The molecule has 0 N–H and O–H groups in total. The zero-order chi connectivity index (χ0) is 17.3. The molecule has 0 aromatic heterocycles. The Bertz CT molecular complexity index is 744. The molecule has 1 saturated carbocycles. The first-order valence-electron chi connectivity index (χ1n) is 8.11. The molecule has 1 fully saturated rings. The molecule has 0 spiro atoms. The van der Waals surface area contributed by atoms with E-state index >= 15 is 0 Å². The Morgan fingerprint density at radius 1 is 1.08 bits per heavy atom. The zero-order valence-corrected chi connectivity index (χ0v) is 13.4. The molecule has 0 saturated heterocycles. The van der Waals surface area contributed by atoms with Gasteiger partial charge >= 0.3 is 6.18 Å². The molecule has 0 atom stereocenters. The third-order valence-electron chi connectivity index (χ3n) is 4.85. The predicted octanol–water partition coefficient (Wildman–Crippen LogP) is 5.46. The number of halogens is 3. The second-order valence-corrected chi connectivity index (χ2v) is 6.38. The van der Waals surface area contributed by atoms with Gasteiger partial charge in [0.2, 0.25) is 0 Å². The minimum atomic E-state index is -4.11. The molecule has 3 rings (SSSR count). The number of ether oxygens (including phenoxy) is 1. The third-order valence-corrected chi connectivity index (χ3v) is 4.85. The molecular formula is C19H19F3O2. The Balaban J connectivity index is 1.79. The van der Waals surface area contributed by atoms with Crippen molar-refractivity contribution in [2.45, 2.75) is 44.9 Å². The lowest BCUT2D eigenvalue weighted by Gasteiger charge is -2.30. The van der Waals surface area contributed by atoms with Crippen LogP contribution in [0.4, 0.5) is 13.2 Å². The number of benzene rings is 2. The summed E-state index contributed by atoms with van der Waals surface area (Å²) in [6.45, 7) is 1.88. The number of aldehydes is 1. The summed E-state index contributed by atoms with van der Waals surface area (Å²) in [5, 5.41) is 1.79. The van der Waals surface area contributed by atoms with Crippen molar-refractivity contribution in [2.24, 2.45) is 5.92 Å². The first kappa shape index (κ1) is 16.8. The predicted molar refractivity (Wildman–Crippen MR) is 86.5 cm³/mol. The van der Waals surface area contributed by atoms with Crippen molar-refractivity contribution in [2.75, 3.05) is 0 Å². The van der Waals surface area contributed by atoms with Crippen LogP contribution in [-0.2, 0) is 0 Å². The molecule has 0 heterocycles. The quantitative estimate of drug-likeness (QED) is 0.696. The number of alkyl halides is 3. The zero-order valence-electron chi connectivity index (χ0n) is 13.4. The van der Waals surface area contributed by atoms with Crippen LogP contribution >= 0.6 is 0 Å². The summed E-state index contributed by atoms with van der Waals surface area (Å²) in [5.41, 5.74) is 1.45. The van der Waals surface area contributed by atoms with Crippen LogP contribution in [0.1, 0.15) is 41.6 Å². The summed E-state index contributed by atoms with van der Waals surface area (Å²) in [6, 6.07) is 9.22. The van der Waals surface area contributed by atoms with Gasteiger partial charge in [0.05, 0.1) is 12.0 Å². The fraction of sp³-hybridized carbons (Fsp3) is 0.421. The summed E-state index contributed by atoms with van der Waals surface area (Å²) >= 11 is 0. The molecule has 0 bridgehead atoms. The molecule has 2 aromatic rings. The van der Waals surface area contributed by atoms with E-state index in [-0.39, 0.29) is 18.9 Å². The van der Waals surface area contributed by atoms with Crippen LogP contribution in [0.3, 0.4) is 0 Å². The monoisotopic (exact) mass is 336 g/mol. The number of hydrogen-bond donors (Lipinski definition) is 0. The molecule has 1 aliphatic carbocycles. The highest BCUT2D eigenvalue weighted by molar-refractivity contribution is 6.00. The number of fused-ring (bicyclic) bond motifs is 1. The van der Waals surface area contributed by atoms with E-state index in [0.717, 1.165) is 22.6 Å². The van der Waals surface area contributed by atoms with Crippen molar-refractivity contribution in [3.05, 3.63) is 41.5 Å². The number of hydrogen-bond acceptors (Lipinski definition) is 2. The van der Waals surface area contributed by atoms with E-state index < -0.39 is 12.1 Å². The molecule has 0 aliphatic heterocycles. The van der Waals surface area contributed by atoms with Crippen molar-refractivity contribution < 1.29 is 22.7 Å². The van der Waals surface area contributed by atoms with Gasteiger partial charge in [0, 0.05) is 5.56 Å². The minimum absolute atomic E-state index is 0.111. The van der Waals surface area contributed by atoms with Gasteiger partial charge in [-0.1, -0.05) is 24.3 Å². The maximum atomic E-state index is 12.7. The standard InChI is InChI=1S/C19H19F3O2/c1-12-17(10-5-13-3-2-4-14(11-23)18(12)13)24-16-8-6-15(7-9-16)19(20,21)22/h2-5,10-11,15-16H,6-9H2,1H3. The lowest BCUT2D eigenvalue weighted by molar-refractivity contribution is -0.185. The average Bonchev–Trinajstić information content (AvgIpc) is 2.56. The summed E-state index contributed by atoms with van der Waals surface area (Å²) < 4.78 is 44.2. The maximum absolute atomic E-state index is 12.7. The Morgan fingerprint density at radius 2 is 1.79 bits per heavy atom. The Labute approximate surface area is 138 Å². The Kier molecular flexibility index (Phi) is 4.52. The van der Waals surface area contributed by atoms with E-state index in [1.54, 1.807) is 6.07 Å². The van der Waals surface area contributed by atoms with Gasteiger partial charge < -0.3 is 4.74 Å². The lowest BCUT2D eigenvalue weighted by Crippen LogP contribution is -2.32. The summed E-state index contributed by atoms with van der Waals surface area (Å²) in [6.07, 6.45) is -2.48. The van der Waals surface area contributed by atoms with Gasteiger partial charge in [-0.25, -0.2) is 0 Å². The van der Waals surface area contributed by atoms with E-state index in [0.29, 0.717) is 24.2 Å². The Morgan fingerprint density at radius 3 is 2.42 bits per heavy atom. The highest BCUT2D eigenvalue weighted by Crippen LogP contribution is 2.39. The van der Waals surface area contributed by atoms with Gasteiger partial charge in [-0.2, -0.15) is 13.2 Å². The van der Waals surface area contributed by atoms with Gasteiger partial charge in [0.15, 0.2) is 6.29 Å². The van der Waals surface area contributed by atoms with E-state index in [2.05, 4.69) is 0 Å². The van der Waals surface area contributed by atoms with Crippen molar-refractivity contribution in [3.63, 3.8) is 0 Å². The third kappa shape index (κ3) is 3.25. The Hall–Kier alpha value is -2.04. The highest BCUT2D eigenvalue weighted by Gasteiger charge is 2.41. The molecular weight excluding hydrogens is 317 g/mol. The van der Waals surface area contributed by atoms with Crippen LogP contribution in [0.25, 0.3) is 10.8 Å². The van der Waals surface area contributed by atoms with Crippen molar-refractivity contribution in [1.29, 1.82) is 0 Å². The van der Waals surface area contributed by atoms with Crippen LogP contribution in [0, 0.1) is 12.8 Å². The second-order valence-electron chi connectivity index (χ2n) is 6.38. The fourth-order valence-corrected chi connectivity index (χ4v) is 3.49. The molecule has 24 heavy (non-hydrogen) atoms. The van der Waals surface area contributed by atoms with E-state index in [1.807, 2.05) is 31.2 Å². The topological polar surface area (TPSA) is 26.3 Å². The van der Waals surface area contributed by atoms with E-state index in [4.69, 9.17) is 4.74 Å². The molecule has 0 unspecified atom stereocenters. The summed E-state index contributed by atoms with van der Waals surface area (Å²) in [7, 11) is 0. The van der Waals surface area contributed by atoms with Crippen molar-refractivity contribution in [3.8, 4) is 5.75 Å². The van der Waals surface area contributed by atoms with Crippen molar-refractivity contribution in [1.82, 2.24) is 0 Å². The number of rotatable bonds is 3. The van der Waals surface area contributed by atoms with Gasteiger partial charge in [0.1, 0.15) is 5.75 Å². The van der Waals surface area contributed by atoms with Crippen LogP contribution in [0.15, 0.2) is 30.3 Å². The van der Waals surface area contributed by atoms with E-state index in [9.17, 15) is 18.0 Å². The average molecular weight is 336 g/mol. The van der Waals surface area contributed by atoms with Crippen LogP contribution in [0.5, 0.6) is 5.75 Å².